The molecule has 0 aliphatic carbocycles. The molecule has 0 bridgehead atoms. The predicted molar refractivity (Wildman–Crippen MR) is 55.6 cm³/mol. The Morgan fingerprint density at radius 1 is 1.38 bits per heavy atom. The normalized spacial score (nSPS) is 16.5. The second-order valence-corrected chi connectivity index (χ2v) is 3.95. The van der Waals surface area contributed by atoms with E-state index in [1.165, 1.54) is 12.8 Å². The molecule has 2 heterocycles. The molecule has 1 aromatic heterocycles. The highest BCUT2D eigenvalue weighted by atomic mass is 79.9. The zero-order valence-corrected chi connectivity index (χ0v) is 8.79. The lowest BCUT2D eigenvalue weighted by Gasteiger charge is -2.17. The maximum absolute atomic E-state index is 5.53. The van der Waals surface area contributed by atoms with Crippen LogP contribution in [0, 0.1) is 0 Å². The lowest BCUT2D eigenvalue weighted by molar-refractivity contribution is 0.925. The van der Waals surface area contributed by atoms with E-state index in [2.05, 4.69) is 30.8 Å². The van der Waals surface area contributed by atoms with E-state index >= 15 is 0 Å². The molecule has 1 fully saturated rings. The summed E-state index contributed by atoms with van der Waals surface area (Å²) in [6.45, 7) is 2.13. The number of nitrogens with zero attached hydrogens (tertiary/aromatic N) is 3. The van der Waals surface area contributed by atoms with Crippen LogP contribution in [-0.2, 0) is 0 Å². The molecular formula is C8H11BrN4. The number of halogens is 1. The summed E-state index contributed by atoms with van der Waals surface area (Å²) in [6.07, 6.45) is 4.17. The van der Waals surface area contributed by atoms with Gasteiger partial charge in [0.05, 0.1) is 4.47 Å². The molecule has 0 atom stereocenters. The zero-order chi connectivity index (χ0) is 9.26. The molecule has 0 unspecified atom stereocenters. The van der Waals surface area contributed by atoms with Gasteiger partial charge in [0.25, 0.3) is 0 Å². The van der Waals surface area contributed by atoms with Crippen LogP contribution in [0.15, 0.2) is 10.7 Å². The van der Waals surface area contributed by atoms with Gasteiger partial charge < -0.3 is 10.6 Å². The van der Waals surface area contributed by atoms with E-state index < -0.39 is 0 Å². The van der Waals surface area contributed by atoms with Gasteiger partial charge in [0, 0.05) is 19.3 Å². The van der Waals surface area contributed by atoms with Crippen LogP contribution in [0.5, 0.6) is 0 Å². The molecule has 70 valence electrons. The molecule has 0 spiro atoms. The first-order chi connectivity index (χ1) is 6.27. The summed E-state index contributed by atoms with van der Waals surface area (Å²) in [5.74, 6) is 1.26. The molecule has 1 aliphatic rings. The Labute approximate surface area is 85.3 Å². The van der Waals surface area contributed by atoms with Crippen molar-refractivity contribution < 1.29 is 0 Å². The van der Waals surface area contributed by atoms with Crippen molar-refractivity contribution in [2.75, 3.05) is 23.7 Å². The minimum atomic E-state index is 0.338. The van der Waals surface area contributed by atoms with Crippen molar-refractivity contribution in [1.82, 2.24) is 9.97 Å². The van der Waals surface area contributed by atoms with Crippen molar-refractivity contribution in [2.24, 2.45) is 0 Å². The summed E-state index contributed by atoms with van der Waals surface area (Å²) in [4.78, 5) is 10.3. The maximum atomic E-state index is 5.53. The molecule has 0 amide bonds. The van der Waals surface area contributed by atoms with Crippen molar-refractivity contribution in [3.05, 3.63) is 10.7 Å². The van der Waals surface area contributed by atoms with Crippen molar-refractivity contribution in [2.45, 2.75) is 12.8 Å². The summed E-state index contributed by atoms with van der Waals surface area (Å²) >= 11 is 3.42. The highest BCUT2D eigenvalue weighted by Gasteiger charge is 2.16. The molecule has 4 nitrogen and oxygen atoms in total. The van der Waals surface area contributed by atoms with E-state index in [1.807, 2.05) is 0 Å². The first-order valence-corrected chi connectivity index (χ1v) is 5.09. The van der Waals surface area contributed by atoms with Crippen LogP contribution in [0.25, 0.3) is 0 Å². The topological polar surface area (TPSA) is 55.0 Å². The van der Waals surface area contributed by atoms with Gasteiger partial charge in [-0.25, -0.2) is 4.98 Å². The maximum Gasteiger partial charge on any atom is 0.222 e. The van der Waals surface area contributed by atoms with Crippen molar-refractivity contribution in [3.63, 3.8) is 0 Å². The quantitative estimate of drug-likeness (QED) is 0.810. The van der Waals surface area contributed by atoms with E-state index in [9.17, 15) is 0 Å². The van der Waals surface area contributed by atoms with E-state index in [-0.39, 0.29) is 0 Å². The summed E-state index contributed by atoms with van der Waals surface area (Å²) < 4.78 is 0.920. The van der Waals surface area contributed by atoms with Crippen LogP contribution >= 0.6 is 15.9 Å². The third kappa shape index (κ3) is 1.75. The Bertz CT molecular complexity index is 309. The molecule has 13 heavy (non-hydrogen) atoms. The second kappa shape index (κ2) is 3.49. The van der Waals surface area contributed by atoms with Gasteiger partial charge >= 0.3 is 0 Å². The monoisotopic (exact) mass is 242 g/mol. The largest absolute Gasteiger partial charge is 0.368 e. The van der Waals surface area contributed by atoms with Crippen LogP contribution < -0.4 is 10.6 Å². The fourth-order valence-electron chi connectivity index (χ4n) is 1.52. The van der Waals surface area contributed by atoms with E-state index in [4.69, 9.17) is 5.73 Å². The average molecular weight is 243 g/mol. The van der Waals surface area contributed by atoms with Crippen LogP contribution in [0.3, 0.4) is 0 Å². The Hall–Kier alpha value is -0.840. The van der Waals surface area contributed by atoms with Crippen LogP contribution in [0.2, 0.25) is 0 Å². The molecule has 0 radical (unpaired) electrons. The molecule has 0 saturated carbocycles. The first kappa shape index (κ1) is 8.74. The Balaban J connectivity index is 2.32. The van der Waals surface area contributed by atoms with Crippen molar-refractivity contribution in [1.29, 1.82) is 0 Å². The van der Waals surface area contributed by atoms with E-state index in [0.717, 1.165) is 23.4 Å². The second-order valence-electron chi connectivity index (χ2n) is 3.09. The molecule has 2 N–H and O–H groups in total. The lowest BCUT2D eigenvalue weighted by atomic mass is 10.4. The molecule has 2 rings (SSSR count). The van der Waals surface area contributed by atoms with E-state index in [0.29, 0.717) is 5.95 Å². The number of hydrogen-bond donors (Lipinski definition) is 1. The Kier molecular flexibility index (Phi) is 2.35. The van der Waals surface area contributed by atoms with Gasteiger partial charge in [-0.1, -0.05) is 0 Å². The highest BCUT2D eigenvalue weighted by Crippen LogP contribution is 2.26. The van der Waals surface area contributed by atoms with Gasteiger partial charge in [-0.15, -0.1) is 0 Å². The van der Waals surface area contributed by atoms with Gasteiger partial charge in [0.1, 0.15) is 5.82 Å². The fourth-order valence-corrected chi connectivity index (χ4v) is 1.96. The molecule has 1 saturated heterocycles. The minimum absolute atomic E-state index is 0.338. The molecule has 1 aromatic rings. The average Bonchev–Trinajstić information content (AvgIpc) is 2.61. The number of nitrogen functional groups attached to an aromatic ring is 1. The van der Waals surface area contributed by atoms with Crippen molar-refractivity contribution >= 4 is 27.7 Å². The lowest BCUT2D eigenvalue weighted by Crippen LogP contribution is -2.20. The molecule has 0 aromatic carbocycles. The van der Waals surface area contributed by atoms with Crippen LogP contribution in [0.4, 0.5) is 11.8 Å². The summed E-state index contributed by atoms with van der Waals surface area (Å²) in [7, 11) is 0. The summed E-state index contributed by atoms with van der Waals surface area (Å²) in [5, 5.41) is 0. The SMILES string of the molecule is Nc1ncc(Br)c(N2CCCC2)n1. The fraction of sp³-hybridized carbons (Fsp3) is 0.500. The Morgan fingerprint density at radius 3 is 2.77 bits per heavy atom. The number of nitrogens with two attached hydrogens (primary N) is 1. The van der Waals surface area contributed by atoms with Gasteiger partial charge in [-0.3, -0.25) is 0 Å². The number of hydrogen-bond acceptors (Lipinski definition) is 4. The van der Waals surface area contributed by atoms with Crippen molar-refractivity contribution in [3.8, 4) is 0 Å². The van der Waals surface area contributed by atoms with E-state index in [1.54, 1.807) is 6.20 Å². The van der Waals surface area contributed by atoms with Gasteiger partial charge in [-0.2, -0.15) is 4.98 Å². The number of anilines is 2. The summed E-state index contributed by atoms with van der Waals surface area (Å²) in [5.41, 5.74) is 5.53. The molecule has 1 aliphatic heterocycles. The van der Waals surface area contributed by atoms with Gasteiger partial charge in [-0.05, 0) is 28.8 Å². The highest BCUT2D eigenvalue weighted by molar-refractivity contribution is 9.10. The van der Waals surface area contributed by atoms with Gasteiger partial charge in [0.15, 0.2) is 0 Å². The first-order valence-electron chi connectivity index (χ1n) is 4.30. The summed E-state index contributed by atoms with van der Waals surface area (Å²) in [6, 6.07) is 0. The minimum Gasteiger partial charge on any atom is -0.368 e. The molecule has 5 heteroatoms. The number of rotatable bonds is 1. The standard InChI is InChI=1S/C8H11BrN4/c9-6-5-11-8(10)12-7(6)13-3-1-2-4-13/h5H,1-4H2,(H2,10,11,12). The van der Waals surface area contributed by atoms with Gasteiger partial charge in [0.2, 0.25) is 5.95 Å². The predicted octanol–water partition coefficient (Wildman–Crippen LogP) is 1.42. The smallest absolute Gasteiger partial charge is 0.222 e. The number of aromatic nitrogens is 2. The third-order valence-electron chi connectivity index (χ3n) is 2.15. The molecular weight excluding hydrogens is 232 g/mol. The third-order valence-corrected chi connectivity index (χ3v) is 2.71. The van der Waals surface area contributed by atoms with Crippen LogP contribution in [0.1, 0.15) is 12.8 Å². The van der Waals surface area contributed by atoms with Crippen LogP contribution in [-0.4, -0.2) is 23.1 Å². The Morgan fingerprint density at radius 2 is 2.08 bits per heavy atom. The zero-order valence-electron chi connectivity index (χ0n) is 7.20.